The summed E-state index contributed by atoms with van der Waals surface area (Å²) in [7, 11) is 0. The Morgan fingerprint density at radius 3 is 2.86 bits per heavy atom. The Morgan fingerprint density at radius 2 is 2.14 bits per heavy atom. The van der Waals surface area contributed by atoms with Crippen molar-refractivity contribution in [3.8, 4) is 0 Å². The van der Waals surface area contributed by atoms with Crippen LogP contribution in [0.2, 0.25) is 0 Å². The van der Waals surface area contributed by atoms with Gasteiger partial charge in [-0.1, -0.05) is 29.8 Å². The third kappa shape index (κ3) is 2.96. The molecule has 22 heavy (non-hydrogen) atoms. The summed E-state index contributed by atoms with van der Waals surface area (Å²) in [5, 5.41) is 3.02. The van der Waals surface area contributed by atoms with E-state index in [9.17, 15) is 4.79 Å². The van der Waals surface area contributed by atoms with E-state index in [1.54, 1.807) is 11.3 Å². The predicted molar refractivity (Wildman–Crippen MR) is 95.5 cm³/mol. The molecule has 0 saturated carbocycles. The van der Waals surface area contributed by atoms with E-state index < -0.39 is 0 Å². The van der Waals surface area contributed by atoms with Crippen LogP contribution in [0.5, 0.6) is 0 Å². The minimum absolute atomic E-state index is 0.0251. The van der Waals surface area contributed by atoms with Gasteiger partial charge >= 0.3 is 0 Å². The number of benzene rings is 1. The van der Waals surface area contributed by atoms with Crippen LogP contribution >= 0.6 is 27.3 Å². The fourth-order valence-electron chi connectivity index (χ4n) is 2.64. The standard InChI is InChI=1S/C17H17BrN2OS/c1-3-20-13-9-16(18)22-15(13)8-14(20)17(21)19-10-12-6-4-5-11(2)7-12/h4-9H,3,10H2,1-2H3,(H,19,21). The van der Waals surface area contributed by atoms with Crippen molar-refractivity contribution in [2.24, 2.45) is 0 Å². The lowest BCUT2D eigenvalue weighted by Crippen LogP contribution is -2.25. The summed E-state index contributed by atoms with van der Waals surface area (Å²) < 4.78 is 4.28. The van der Waals surface area contributed by atoms with Crippen molar-refractivity contribution in [2.45, 2.75) is 26.9 Å². The third-order valence-corrected chi connectivity index (χ3v) is 5.22. The van der Waals surface area contributed by atoms with E-state index in [0.717, 1.165) is 31.8 Å². The van der Waals surface area contributed by atoms with E-state index in [4.69, 9.17) is 0 Å². The van der Waals surface area contributed by atoms with Crippen LogP contribution in [-0.4, -0.2) is 10.5 Å². The Morgan fingerprint density at radius 1 is 1.32 bits per heavy atom. The Kier molecular flexibility index (Phi) is 4.36. The fraction of sp³-hybridized carbons (Fsp3) is 0.235. The van der Waals surface area contributed by atoms with Crippen LogP contribution in [0.3, 0.4) is 0 Å². The van der Waals surface area contributed by atoms with Gasteiger partial charge in [0.2, 0.25) is 0 Å². The van der Waals surface area contributed by atoms with Gasteiger partial charge in [0.05, 0.1) is 14.0 Å². The number of aromatic nitrogens is 1. The number of amides is 1. The number of carbonyl (C=O) groups excluding carboxylic acids is 1. The van der Waals surface area contributed by atoms with Crippen molar-refractivity contribution in [3.63, 3.8) is 0 Å². The molecule has 0 fully saturated rings. The largest absolute Gasteiger partial charge is 0.347 e. The molecule has 0 radical (unpaired) electrons. The quantitative estimate of drug-likeness (QED) is 0.701. The van der Waals surface area contributed by atoms with Crippen LogP contribution in [0.15, 0.2) is 40.2 Å². The van der Waals surface area contributed by atoms with Gasteiger partial charge in [0.15, 0.2) is 0 Å². The lowest BCUT2D eigenvalue weighted by molar-refractivity contribution is 0.0942. The first-order valence-electron chi connectivity index (χ1n) is 7.21. The molecule has 3 rings (SSSR count). The van der Waals surface area contributed by atoms with Gasteiger partial charge in [-0.05, 0) is 47.5 Å². The molecule has 3 nitrogen and oxygen atoms in total. The molecular formula is C17H17BrN2OS. The van der Waals surface area contributed by atoms with Crippen molar-refractivity contribution in [1.82, 2.24) is 9.88 Å². The summed E-state index contributed by atoms with van der Waals surface area (Å²) in [6, 6.07) is 12.2. The normalized spacial score (nSPS) is 11.0. The third-order valence-electron chi connectivity index (χ3n) is 3.64. The SMILES string of the molecule is CCn1c(C(=O)NCc2cccc(C)c2)cc2sc(Br)cc21. The van der Waals surface area contributed by atoms with Gasteiger partial charge in [-0.2, -0.15) is 0 Å². The van der Waals surface area contributed by atoms with E-state index in [0.29, 0.717) is 6.54 Å². The van der Waals surface area contributed by atoms with Gasteiger partial charge < -0.3 is 9.88 Å². The van der Waals surface area contributed by atoms with E-state index in [1.807, 2.05) is 18.2 Å². The average molecular weight is 377 g/mol. The molecule has 3 aromatic rings. The molecule has 0 atom stereocenters. The Balaban J connectivity index is 1.81. The number of nitrogens with one attached hydrogen (secondary N) is 1. The van der Waals surface area contributed by atoms with Crippen molar-refractivity contribution < 1.29 is 4.79 Å². The lowest BCUT2D eigenvalue weighted by Gasteiger charge is -2.09. The fourth-order valence-corrected chi connectivity index (χ4v) is 4.20. The summed E-state index contributed by atoms with van der Waals surface area (Å²) in [6.07, 6.45) is 0. The maximum atomic E-state index is 12.5. The van der Waals surface area contributed by atoms with Gasteiger partial charge in [-0.3, -0.25) is 4.79 Å². The summed E-state index contributed by atoms with van der Waals surface area (Å²) in [5.41, 5.74) is 4.16. The average Bonchev–Trinajstić information content (AvgIpc) is 3.00. The first kappa shape index (κ1) is 15.3. The number of carbonyl (C=O) groups is 1. The molecule has 1 N–H and O–H groups in total. The van der Waals surface area contributed by atoms with Crippen LogP contribution in [0.4, 0.5) is 0 Å². The maximum absolute atomic E-state index is 12.5. The van der Waals surface area contributed by atoms with Gasteiger partial charge in [0, 0.05) is 13.1 Å². The zero-order chi connectivity index (χ0) is 15.7. The zero-order valence-electron chi connectivity index (χ0n) is 12.5. The molecule has 1 aromatic carbocycles. The summed E-state index contributed by atoms with van der Waals surface area (Å²) >= 11 is 5.15. The molecule has 0 aliphatic carbocycles. The topological polar surface area (TPSA) is 34.0 Å². The molecule has 114 valence electrons. The molecule has 0 aliphatic rings. The Labute approximate surface area is 142 Å². The molecular weight excluding hydrogens is 360 g/mol. The highest BCUT2D eigenvalue weighted by Gasteiger charge is 2.16. The van der Waals surface area contributed by atoms with Crippen LogP contribution in [0, 0.1) is 6.92 Å². The van der Waals surface area contributed by atoms with Crippen molar-refractivity contribution in [3.05, 3.63) is 57.0 Å². The van der Waals surface area contributed by atoms with Gasteiger partial charge in [0.25, 0.3) is 5.91 Å². The number of fused-ring (bicyclic) bond motifs is 1. The molecule has 2 aromatic heterocycles. The van der Waals surface area contributed by atoms with Crippen LogP contribution in [-0.2, 0) is 13.1 Å². The second kappa shape index (κ2) is 6.26. The van der Waals surface area contributed by atoms with Crippen LogP contribution in [0.1, 0.15) is 28.5 Å². The summed E-state index contributed by atoms with van der Waals surface area (Å²) in [6.45, 7) is 5.44. The highest BCUT2D eigenvalue weighted by Crippen LogP contribution is 2.32. The number of thiophene rings is 1. The van der Waals surface area contributed by atoms with Crippen molar-refractivity contribution in [2.75, 3.05) is 0 Å². The van der Waals surface area contributed by atoms with Gasteiger partial charge in [-0.15, -0.1) is 11.3 Å². The van der Waals surface area contributed by atoms with E-state index >= 15 is 0 Å². The highest BCUT2D eigenvalue weighted by molar-refractivity contribution is 9.11. The molecule has 1 amide bonds. The summed E-state index contributed by atoms with van der Waals surface area (Å²) in [5.74, 6) is -0.0251. The minimum atomic E-state index is -0.0251. The van der Waals surface area contributed by atoms with E-state index in [1.165, 1.54) is 5.56 Å². The second-order valence-corrected chi connectivity index (χ2v) is 7.71. The molecule has 0 saturated heterocycles. The van der Waals surface area contributed by atoms with Crippen molar-refractivity contribution >= 4 is 43.4 Å². The molecule has 0 bridgehead atoms. The molecule has 0 unspecified atom stereocenters. The van der Waals surface area contributed by atoms with Crippen LogP contribution < -0.4 is 5.32 Å². The van der Waals surface area contributed by atoms with E-state index in [2.05, 4.69) is 57.9 Å². The first-order valence-corrected chi connectivity index (χ1v) is 8.81. The molecule has 5 heteroatoms. The molecule has 0 aliphatic heterocycles. The number of rotatable bonds is 4. The monoisotopic (exact) mass is 376 g/mol. The van der Waals surface area contributed by atoms with Gasteiger partial charge in [-0.25, -0.2) is 0 Å². The Hall–Kier alpha value is -1.59. The number of halogens is 1. The van der Waals surface area contributed by atoms with Crippen molar-refractivity contribution in [1.29, 1.82) is 0 Å². The molecule has 0 spiro atoms. The minimum Gasteiger partial charge on any atom is -0.347 e. The predicted octanol–water partition coefficient (Wildman–Crippen LogP) is 4.72. The van der Waals surface area contributed by atoms with E-state index in [-0.39, 0.29) is 5.91 Å². The zero-order valence-corrected chi connectivity index (χ0v) is 14.9. The Bertz CT molecular complexity index is 834. The number of hydrogen-bond acceptors (Lipinski definition) is 2. The maximum Gasteiger partial charge on any atom is 0.268 e. The van der Waals surface area contributed by atoms with Crippen LogP contribution in [0.25, 0.3) is 10.2 Å². The lowest BCUT2D eigenvalue weighted by atomic mass is 10.1. The summed E-state index contributed by atoms with van der Waals surface area (Å²) in [4.78, 5) is 12.5. The highest BCUT2D eigenvalue weighted by atomic mass is 79.9. The number of hydrogen-bond donors (Lipinski definition) is 1. The number of nitrogens with zero attached hydrogens (tertiary/aromatic N) is 1. The first-order chi connectivity index (χ1) is 10.6. The second-order valence-electron chi connectivity index (χ2n) is 5.25. The smallest absolute Gasteiger partial charge is 0.268 e. The number of aryl methyl sites for hydroxylation is 2. The molecule has 2 heterocycles. The van der Waals surface area contributed by atoms with Gasteiger partial charge in [0.1, 0.15) is 5.69 Å².